The Balaban J connectivity index is 2.20. The molecule has 2 aromatic rings. The van der Waals surface area contributed by atoms with Gasteiger partial charge in [0.2, 0.25) is 0 Å². The van der Waals surface area contributed by atoms with Gasteiger partial charge in [-0.3, -0.25) is 10.1 Å². The molecule has 0 N–H and O–H groups in total. The fourth-order valence-electron chi connectivity index (χ4n) is 2.74. The van der Waals surface area contributed by atoms with Crippen molar-refractivity contribution in [3.8, 4) is 17.2 Å². The Morgan fingerprint density at radius 1 is 1.09 bits per heavy atom. The van der Waals surface area contributed by atoms with Crippen LogP contribution in [0.2, 0.25) is 25.7 Å². The van der Waals surface area contributed by atoms with Gasteiger partial charge in [-0.1, -0.05) is 31.8 Å². The fourth-order valence-corrected chi connectivity index (χ4v) is 3.97. The molecule has 0 aliphatic heterocycles. The summed E-state index contributed by atoms with van der Waals surface area (Å²) in [5.74, 6) is 1.50. The van der Waals surface area contributed by atoms with Crippen LogP contribution in [0.25, 0.3) is 12.2 Å². The molecule has 0 aliphatic carbocycles. The topological polar surface area (TPSA) is 80.1 Å². The highest BCUT2D eigenvalue weighted by Crippen LogP contribution is 2.35. The van der Waals surface area contributed by atoms with Gasteiger partial charge in [0.15, 0.2) is 12.5 Å². The molecule has 0 heterocycles. The van der Waals surface area contributed by atoms with E-state index in [0.29, 0.717) is 24.7 Å². The Morgan fingerprint density at radius 2 is 1.84 bits per heavy atom. The molecule has 2 aromatic carbocycles. The number of benzene rings is 2. The van der Waals surface area contributed by atoms with E-state index in [1.54, 1.807) is 12.1 Å². The smallest absolute Gasteiger partial charge is 0.310 e. The van der Waals surface area contributed by atoms with E-state index in [1.807, 2.05) is 31.2 Å². The van der Waals surface area contributed by atoms with Gasteiger partial charge >= 0.3 is 5.69 Å². The van der Waals surface area contributed by atoms with Crippen LogP contribution in [-0.2, 0) is 4.74 Å². The van der Waals surface area contributed by atoms with Crippen LogP contribution < -0.4 is 14.2 Å². The van der Waals surface area contributed by atoms with Gasteiger partial charge in [0.25, 0.3) is 0 Å². The fraction of sp³-hybridized carbons (Fsp3) is 0.391. The highest BCUT2D eigenvalue weighted by atomic mass is 79.9. The Morgan fingerprint density at radius 3 is 2.47 bits per heavy atom. The molecule has 7 nitrogen and oxygen atoms in total. The first kappa shape index (κ1) is 25.9. The molecule has 0 fully saturated rings. The van der Waals surface area contributed by atoms with Crippen LogP contribution in [0.4, 0.5) is 5.69 Å². The quantitative estimate of drug-likeness (QED) is 0.0775. The molecule has 0 radical (unpaired) electrons. The average molecular weight is 524 g/mol. The van der Waals surface area contributed by atoms with Crippen molar-refractivity contribution in [2.24, 2.45) is 0 Å². The summed E-state index contributed by atoms with van der Waals surface area (Å²) in [6.45, 7) is 10.2. The second-order valence-electron chi connectivity index (χ2n) is 8.26. The minimum atomic E-state index is -1.14. The number of hydrogen-bond acceptors (Lipinski definition) is 6. The summed E-state index contributed by atoms with van der Waals surface area (Å²) in [4.78, 5) is 10.6. The maximum Gasteiger partial charge on any atom is 0.310 e. The highest BCUT2D eigenvalue weighted by Gasteiger charge is 2.15. The van der Waals surface area contributed by atoms with Gasteiger partial charge in [-0.05, 0) is 58.2 Å². The average Bonchev–Trinajstić information content (AvgIpc) is 2.73. The molecule has 174 valence electrons. The van der Waals surface area contributed by atoms with Crippen molar-refractivity contribution >= 4 is 41.8 Å². The maximum absolute atomic E-state index is 11.1. The minimum absolute atomic E-state index is 0.0750. The summed E-state index contributed by atoms with van der Waals surface area (Å²) >= 11 is 3.59. The molecule has 2 rings (SSSR count). The number of nitro groups is 1. The number of halogens is 1. The van der Waals surface area contributed by atoms with E-state index in [0.717, 1.165) is 21.6 Å². The van der Waals surface area contributed by atoms with Crippen LogP contribution in [0.3, 0.4) is 0 Å². The molecule has 0 bridgehead atoms. The van der Waals surface area contributed by atoms with E-state index in [4.69, 9.17) is 18.9 Å². The zero-order valence-corrected chi connectivity index (χ0v) is 21.7. The summed E-state index contributed by atoms with van der Waals surface area (Å²) in [7, 11) is 0.266. The normalized spacial score (nSPS) is 11.6. The second-order valence-corrected chi connectivity index (χ2v) is 14.7. The molecule has 0 aliphatic rings. The summed E-state index contributed by atoms with van der Waals surface area (Å²) in [6, 6.07) is 9.50. The highest BCUT2D eigenvalue weighted by molar-refractivity contribution is 9.10. The molecular weight excluding hydrogens is 494 g/mol. The van der Waals surface area contributed by atoms with E-state index in [1.165, 1.54) is 13.2 Å². The van der Waals surface area contributed by atoms with Crippen LogP contribution in [0.5, 0.6) is 17.2 Å². The molecule has 0 aromatic heterocycles. The van der Waals surface area contributed by atoms with Crippen molar-refractivity contribution in [3.05, 3.63) is 56.0 Å². The number of ether oxygens (including phenoxy) is 4. The minimum Gasteiger partial charge on any atom is -0.493 e. The maximum atomic E-state index is 11.1. The Hall–Kier alpha value is -2.36. The van der Waals surface area contributed by atoms with Crippen LogP contribution in [0.15, 0.2) is 34.8 Å². The van der Waals surface area contributed by atoms with E-state index >= 15 is 0 Å². The van der Waals surface area contributed by atoms with Gasteiger partial charge < -0.3 is 18.9 Å². The van der Waals surface area contributed by atoms with Gasteiger partial charge in [0.1, 0.15) is 11.5 Å². The molecule has 0 saturated carbocycles. The largest absolute Gasteiger partial charge is 0.493 e. The van der Waals surface area contributed by atoms with Crippen LogP contribution in [0.1, 0.15) is 18.1 Å². The molecule has 9 heteroatoms. The molecular formula is C23H30BrNO6Si. The molecule has 32 heavy (non-hydrogen) atoms. The van der Waals surface area contributed by atoms with Gasteiger partial charge in [-0.2, -0.15) is 0 Å². The van der Waals surface area contributed by atoms with Gasteiger partial charge in [0.05, 0.1) is 23.1 Å². The number of nitrogens with zero attached hydrogens (tertiary/aromatic N) is 1. The number of methoxy groups -OCH3 is 1. The van der Waals surface area contributed by atoms with Gasteiger partial charge in [-0.25, -0.2) is 0 Å². The molecule has 0 saturated heterocycles. The van der Waals surface area contributed by atoms with Crippen molar-refractivity contribution in [3.63, 3.8) is 0 Å². The number of rotatable bonds is 12. The predicted octanol–water partition coefficient (Wildman–Crippen LogP) is 6.63. The third-order valence-corrected chi connectivity index (χ3v) is 7.05. The monoisotopic (exact) mass is 523 g/mol. The first-order chi connectivity index (χ1) is 15.1. The zero-order valence-electron chi connectivity index (χ0n) is 19.1. The zero-order chi connectivity index (χ0) is 23.7. The van der Waals surface area contributed by atoms with E-state index in [-0.39, 0.29) is 18.2 Å². The lowest BCUT2D eigenvalue weighted by molar-refractivity contribution is -0.385. The standard InChI is InChI=1S/C23H30BrNO6Si/c1-6-30-22-15-19(31-16-29-11-12-32(3,4)5)14-18(23(22)24)9-7-17-8-10-20(25(26)27)21(13-17)28-2/h7-10,13-15H,6,11-12,16H2,1-5H3. The van der Waals surface area contributed by atoms with Crippen LogP contribution in [-0.4, -0.2) is 40.1 Å². The van der Waals surface area contributed by atoms with Crippen molar-refractivity contribution in [2.45, 2.75) is 32.6 Å². The van der Waals surface area contributed by atoms with Crippen molar-refractivity contribution in [1.82, 2.24) is 0 Å². The van der Waals surface area contributed by atoms with Crippen molar-refractivity contribution in [2.75, 3.05) is 27.1 Å². The van der Waals surface area contributed by atoms with E-state index < -0.39 is 13.0 Å². The molecule has 0 spiro atoms. The SMILES string of the molecule is CCOc1cc(OCOCC[Si](C)(C)C)cc(C=Cc2ccc([N+](=O)[O-])c(OC)c2)c1Br. The summed E-state index contributed by atoms with van der Waals surface area (Å²) < 4.78 is 23.1. The molecule has 0 unspecified atom stereocenters. The molecule has 0 atom stereocenters. The van der Waals surface area contributed by atoms with Gasteiger partial charge in [-0.15, -0.1) is 0 Å². The first-order valence-electron chi connectivity index (χ1n) is 10.3. The lowest BCUT2D eigenvalue weighted by Crippen LogP contribution is -2.22. The lowest BCUT2D eigenvalue weighted by atomic mass is 10.1. The van der Waals surface area contributed by atoms with Crippen molar-refractivity contribution in [1.29, 1.82) is 0 Å². The van der Waals surface area contributed by atoms with Crippen LogP contribution in [0, 0.1) is 10.1 Å². The lowest BCUT2D eigenvalue weighted by Gasteiger charge is -2.16. The van der Waals surface area contributed by atoms with E-state index in [2.05, 4.69) is 35.6 Å². The second kappa shape index (κ2) is 12.0. The summed E-state index contributed by atoms with van der Waals surface area (Å²) in [5, 5.41) is 11.1. The summed E-state index contributed by atoms with van der Waals surface area (Å²) in [5.41, 5.74) is 1.53. The van der Waals surface area contributed by atoms with Gasteiger partial charge in [0, 0.05) is 26.8 Å². The predicted molar refractivity (Wildman–Crippen MR) is 133 cm³/mol. The van der Waals surface area contributed by atoms with E-state index in [9.17, 15) is 10.1 Å². The Bertz CT molecular complexity index is 958. The first-order valence-corrected chi connectivity index (χ1v) is 14.8. The van der Waals surface area contributed by atoms with Crippen LogP contribution >= 0.6 is 15.9 Å². The third kappa shape index (κ3) is 7.96. The Labute approximate surface area is 198 Å². The number of hydrogen-bond donors (Lipinski definition) is 0. The summed E-state index contributed by atoms with van der Waals surface area (Å²) in [6.07, 6.45) is 3.72. The van der Waals surface area contributed by atoms with Crippen molar-refractivity contribution < 1.29 is 23.9 Å². The Kier molecular flexibility index (Phi) is 9.74. The third-order valence-electron chi connectivity index (χ3n) is 4.50. The number of nitro benzene ring substituents is 1. The molecule has 0 amide bonds.